The Labute approximate surface area is 81.2 Å². The van der Waals surface area contributed by atoms with Gasteiger partial charge in [-0.15, -0.1) is 10.2 Å². The van der Waals surface area contributed by atoms with Crippen LogP contribution in [-0.2, 0) is 0 Å². The second kappa shape index (κ2) is 2.96. The topological polar surface area (TPSA) is 64.7 Å². The molecule has 0 spiro atoms. The molecular weight excluding hydrogens is 216 g/mol. The van der Waals surface area contributed by atoms with Crippen LogP contribution in [0, 0.1) is 0 Å². The fraction of sp³-hybridized carbons (Fsp3) is 0. The normalized spacial score (nSPS) is 10.4. The van der Waals surface area contributed by atoms with Crippen LogP contribution in [0.4, 0.5) is 5.13 Å². The standard InChI is InChI=1S/C5H3ClN4S2/c6-2-1-8-12-3(2)4-9-10-5(7)11-4/h1H,(H2,7,10). The van der Waals surface area contributed by atoms with Crippen molar-refractivity contribution in [2.45, 2.75) is 0 Å². The Morgan fingerprint density at radius 2 is 2.25 bits per heavy atom. The van der Waals surface area contributed by atoms with E-state index in [1.165, 1.54) is 22.9 Å². The van der Waals surface area contributed by atoms with E-state index < -0.39 is 0 Å². The summed E-state index contributed by atoms with van der Waals surface area (Å²) < 4.78 is 3.92. The lowest BCUT2D eigenvalue weighted by molar-refractivity contribution is 1.11. The predicted molar refractivity (Wildman–Crippen MR) is 50.4 cm³/mol. The highest BCUT2D eigenvalue weighted by atomic mass is 35.5. The first kappa shape index (κ1) is 7.90. The van der Waals surface area contributed by atoms with Gasteiger partial charge in [0.05, 0.1) is 11.2 Å². The van der Waals surface area contributed by atoms with Crippen LogP contribution in [0.5, 0.6) is 0 Å². The van der Waals surface area contributed by atoms with E-state index in [0.717, 1.165) is 9.88 Å². The molecule has 0 unspecified atom stereocenters. The van der Waals surface area contributed by atoms with Gasteiger partial charge in [0.15, 0.2) is 5.01 Å². The summed E-state index contributed by atoms with van der Waals surface area (Å²) in [6, 6.07) is 0. The number of nitrogen functional groups attached to an aromatic ring is 1. The maximum atomic E-state index is 5.83. The van der Waals surface area contributed by atoms with E-state index in [2.05, 4.69) is 14.6 Å². The molecule has 2 aromatic heterocycles. The van der Waals surface area contributed by atoms with Crippen molar-refractivity contribution in [1.29, 1.82) is 0 Å². The van der Waals surface area contributed by atoms with Gasteiger partial charge >= 0.3 is 0 Å². The minimum Gasteiger partial charge on any atom is -0.374 e. The second-order valence-corrected chi connectivity index (χ2v) is 4.17. The summed E-state index contributed by atoms with van der Waals surface area (Å²) in [5, 5.41) is 9.28. The maximum Gasteiger partial charge on any atom is 0.203 e. The summed E-state index contributed by atoms with van der Waals surface area (Å²) in [6.45, 7) is 0. The molecule has 7 heteroatoms. The van der Waals surface area contributed by atoms with Gasteiger partial charge in [-0.05, 0) is 11.5 Å². The highest BCUT2D eigenvalue weighted by Gasteiger charge is 2.10. The largest absolute Gasteiger partial charge is 0.374 e. The first-order chi connectivity index (χ1) is 5.77. The van der Waals surface area contributed by atoms with Gasteiger partial charge in [-0.1, -0.05) is 22.9 Å². The summed E-state index contributed by atoms with van der Waals surface area (Å²) in [6.07, 6.45) is 1.58. The molecule has 0 amide bonds. The van der Waals surface area contributed by atoms with Crippen molar-refractivity contribution in [3.05, 3.63) is 11.2 Å². The van der Waals surface area contributed by atoms with Crippen molar-refractivity contribution in [3.8, 4) is 9.88 Å². The van der Waals surface area contributed by atoms with Crippen LogP contribution in [-0.4, -0.2) is 14.6 Å². The minimum absolute atomic E-state index is 0.439. The number of anilines is 1. The molecule has 0 aliphatic carbocycles. The number of hydrogen-bond acceptors (Lipinski definition) is 6. The van der Waals surface area contributed by atoms with Gasteiger partial charge in [-0.3, -0.25) is 0 Å². The Morgan fingerprint density at radius 1 is 1.42 bits per heavy atom. The molecule has 0 saturated carbocycles. The average Bonchev–Trinajstić information content (AvgIpc) is 2.58. The Kier molecular flexibility index (Phi) is 1.95. The van der Waals surface area contributed by atoms with Crippen molar-refractivity contribution in [3.63, 3.8) is 0 Å². The number of rotatable bonds is 1. The van der Waals surface area contributed by atoms with E-state index in [4.69, 9.17) is 17.3 Å². The van der Waals surface area contributed by atoms with Gasteiger partial charge in [0, 0.05) is 0 Å². The molecule has 0 bridgehead atoms. The number of hydrogen-bond donors (Lipinski definition) is 1. The van der Waals surface area contributed by atoms with Crippen LogP contribution < -0.4 is 5.73 Å². The molecule has 2 N–H and O–H groups in total. The minimum atomic E-state index is 0.439. The van der Waals surface area contributed by atoms with Crippen molar-refractivity contribution in [1.82, 2.24) is 14.6 Å². The lowest BCUT2D eigenvalue weighted by Crippen LogP contribution is -1.79. The number of nitrogens with two attached hydrogens (primary N) is 1. The Morgan fingerprint density at radius 3 is 2.75 bits per heavy atom. The van der Waals surface area contributed by atoms with Gasteiger partial charge in [-0.2, -0.15) is 4.37 Å². The molecule has 0 atom stereocenters. The van der Waals surface area contributed by atoms with Gasteiger partial charge in [0.25, 0.3) is 0 Å². The number of aromatic nitrogens is 3. The third-order valence-corrected chi connectivity index (χ3v) is 3.27. The van der Waals surface area contributed by atoms with Crippen molar-refractivity contribution < 1.29 is 0 Å². The first-order valence-electron chi connectivity index (χ1n) is 2.97. The number of halogens is 1. The fourth-order valence-corrected chi connectivity index (χ4v) is 2.37. The predicted octanol–water partition coefficient (Wildman–Crippen LogP) is 1.90. The molecular formula is C5H3ClN4S2. The zero-order chi connectivity index (χ0) is 8.55. The van der Waals surface area contributed by atoms with Crippen LogP contribution in [0.1, 0.15) is 0 Å². The average molecular weight is 219 g/mol. The molecule has 0 aliphatic heterocycles. The van der Waals surface area contributed by atoms with Gasteiger partial charge < -0.3 is 5.73 Å². The molecule has 0 fully saturated rings. The molecule has 0 radical (unpaired) electrons. The lowest BCUT2D eigenvalue weighted by Gasteiger charge is -1.85. The first-order valence-corrected chi connectivity index (χ1v) is 4.93. The zero-order valence-corrected chi connectivity index (χ0v) is 8.08. The fourth-order valence-electron chi connectivity index (χ4n) is 0.695. The molecule has 0 aromatic carbocycles. The Hall–Kier alpha value is -0.720. The smallest absolute Gasteiger partial charge is 0.203 e. The second-order valence-electron chi connectivity index (χ2n) is 1.95. The Bertz CT molecular complexity index is 396. The molecule has 62 valence electrons. The maximum absolute atomic E-state index is 5.83. The van der Waals surface area contributed by atoms with Crippen molar-refractivity contribution in [2.24, 2.45) is 0 Å². The molecule has 2 heterocycles. The third kappa shape index (κ3) is 1.28. The molecule has 12 heavy (non-hydrogen) atoms. The highest BCUT2D eigenvalue weighted by Crippen LogP contribution is 2.33. The third-order valence-electron chi connectivity index (χ3n) is 1.16. The van der Waals surface area contributed by atoms with E-state index in [-0.39, 0.29) is 0 Å². The van der Waals surface area contributed by atoms with Gasteiger partial charge in [0.2, 0.25) is 5.13 Å². The SMILES string of the molecule is Nc1nnc(-c2sncc2Cl)s1. The van der Waals surface area contributed by atoms with Crippen molar-refractivity contribution >= 4 is 39.6 Å². The van der Waals surface area contributed by atoms with Gasteiger partial charge in [-0.25, -0.2) is 0 Å². The van der Waals surface area contributed by atoms with Crippen LogP contribution in [0.2, 0.25) is 5.02 Å². The van der Waals surface area contributed by atoms with Crippen molar-refractivity contribution in [2.75, 3.05) is 5.73 Å². The van der Waals surface area contributed by atoms with Crippen LogP contribution in [0.25, 0.3) is 9.88 Å². The van der Waals surface area contributed by atoms with E-state index in [1.807, 2.05) is 0 Å². The van der Waals surface area contributed by atoms with Crippen LogP contribution >= 0.6 is 34.5 Å². The summed E-state index contributed by atoms with van der Waals surface area (Å²) >= 11 is 8.42. The highest BCUT2D eigenvalue weighted by molar-refractivity contribution is 7.22. The molecule has 4 nitrogen and oxygen atoms in total. The van der Waals surface area contributed by atoms with E-state index in [9.17, 15) is 0 Å². The van der Waals surface area contributed by atoms with Gasteiger partial charge in [0.1, 0.15) is 4.88 Å². The zero-order valence-electron chi connectivity index (χ0n) is 5.69. The monoisotopic (exact) mass is 218 g/mol. The van der Waals surface area contributed by atoms with E-state index in [0.29, 0.717) is 10.2 Å². The van der Waals surface area contributed by atoms with E-state index >= 15 is 0 Å². The quantitative estimate of drug-likeness (QED) is 0.794. The molecule has 0 aliphatic rings. The molecule has 2 aromatic rings. The summed E-state index contributed by atoms with van der Waals surface area (Å²) in [7, 11) is 0. The Balaban J connectivity index is 2.50. The van der Waals surface area contributed by atoms with Crippen LogP contribution in [0.3, 0.4) is 0 Å². The number of nitrogens with zero attached hydrogens (tertiary/aromatic N) is 3. The van der Waals surface area contributed by atoms with Crippen LogP contribution in [0.15, 0.2) is 6.20 Å². The lowest BCUT2D eigenvalue weighted by atomic mass is 10.5. The summed E-state index contributed by atoms with van der Waals surface area (Å²) in [5.41, 5.74) is 5.42. The molecule has 2 rings (SSSR count). The molecule has 0 saturated heterocycles. The summed E-state index contributed by atoms with van der Waals surface area (Å²) in [4.78, 5) is 0.825. The van der Waals surface area contributed by atoms with E-state index in [1.54, 1.807) is 6.20 Å². The summed E-state index contributed by atoms with van der Waals surface area (Å²) in [5.74, 6) is 0.